The van der Waals surface area contributed by atoms with E-state index in [-0.39, 0.29) is 17.2 Å². The van der Waals surface area contributed by atoms with E-state index in [4.69, 9.17) is 0 Å². The van der Waals surface area contributed by atoms with Crippen LogP contribution in [0.25, 0.3) is 0 Å². The monoisotopic (exact) mass is 392 g/mol. The fraction of sp³-hybridized carbons (Fsp3) is 0.478. The lowest BCUT2D eigenvalue weighted by atomic mass is 9.72. The maximum Gasteiger partial charge on any atom is 0.222 e. The Morgan fingerprint density at radius 3 is 2.52 bits per heavy atom. The minimum Gasteiger partial charge on any atom is -0.343 e. The summed E-state index contributed by atoms with van der Waals surface area (Å²) in [6.07, 6.45) is 11.9. The molecule has 0 bridgehead atoms. The molecule has 4 rings (SSSR count). The molecule has 2 amide bonds. The molecule has 0 aromatic carbocycles. The zero-order valence-corrected chi connectivity index (χ0v) is 16.8. The number of pyridine rings is 2. The molecule has 2 aromatic heterocycles. The summed E-state index contributed by atoms with van der Waals surface area (Å²) in [5, 5.41) is 0. The fourth-order valence-electron chi connectivity index (χ4n) is 4.56. The normalized spacial score (nSPS) is 18.8. The predicted octanol–water partition coefficient (Wildman–Crippen LogP) is 2.84. The summed E-state index contributed by atoms with van der Waals surface area (Å²) in [6.45, 7) is 3.01. The number of carbonyl (C=O) groups is 2. The highest BCUT2D eigenvalue weighted by molar-refractivity contribution is 5.78. The first-order chi connectivity index (χ1) is 14.1. The van der Waals surface area contributed by atoms with E-state index in [1.165, 1.54) is 0 Å². The van der Waals surface area contributed by atoms with Gasteiger partial charge in [-0.1, -0.05) is 6.07 Å². The molecule has 2 fully saturated rings. The van der Waals surface area contributed by atoms with Crippen LogP contribution in [-0.2, 0) is 22.6 Å². The Morgan fingerprint density at radius 2 is 1.79 bits per heavy atom. The van der Waals surface area contributed by atoms with Crippen LogP contribution >= 0.6 is 0 Å². The molecule has 29 heavy (non-hydrogen) atoms. The van der Waals surface area contributed by atoms with Gasteiger partial charge in [0, 0.05) is 63.8 Å². The number of likely N-dealkylation sites (tertiary alicyclic amines) is 2. The second-order valence-electron chi connectivity index (χ2n) is 8.35. The first-order valence-corrected chi connectivity index (χ1v) is 10.5. The van der Waals surface area contributed by atoms with Crippen LogP contribution in [0.1, 0.15) is 43.2 Å². The van der Waals surface area contributed by atoms with Crippen LogP contribution in [0.15, 0.2) is 49.1 Å². The quantitative estimate of drug-likeness (QED) is 0.785. The van der Waals surface area contributed by atoms with Gasteiger partial charge in [0.2, 0.25) is 11.8 Å². The van der Waals surface area contributed by atoms with Crippen LogP contribution in [0.4, 0.5) is 0 Å². The molecule has 0 N–H and O–H groups in total. The van der Waals surface area contributed by atoms with E-state index in [2.05, 4.69) is 9.97 Å². The SMILES string of the molecule is O=C(CCc1ccncc1)N1CCC2(CCC(=O)N(Cc3cccnc3)C2)CC1. The van der Waals surface area contributed by atoms with E-state index in [0.717, 1.165) is 56.4 Å². The summed E-state index contributed by atoms with van der Waals surface area (Å²) in [4.78, 5) is 37.3. The third-order valence-electron chi connectivity index (χ3n) is 6.40. The van der Waals surface area contributed by atoms with E-state index in [1.807, 2.05) is 40.3 Å². The van der Waals surface area contributed by atoms with Gasteiger partial charge in [0.1, 0.15) is 0 Å². The summed E-state index contributed by atoms with van der Waals surface area (Å²) in [6, 6.07) is 7.87. The van der Waals surface area contributed by atoms with E-state index >= 15 is 0 Å². The molecular formula is C23H28N4O2. The molecular weight excluding hydrogens is 364 g/mol. The van der Waals surface area contributed by atoms with Crippen LogP contribution in [0.2, 0.25) is 0 Å². The second-order valence-corrected chi connectivity index (χ2v) is 8.35. The number of rotatable bonds is 5. The van der Waals surface area contributed by atoms with Crippen molar-refractivity contribution in [3.05, 3.63) is 60.2 Å². The zero-order valence-electron chi connectivity index (χ0n) is 16.8. The first kappa shape index (κ1) is 19.6. The van der Waals surface area contributed by atoms with Crippen molar-refractivity contribution in [1.29, 1.82) is 0 Å². The number of carbonyl (C=O) groups excluding carboxylic acids is 2. The van der Waals surface area contributed by atoms with Crippen LogP contribution in [0.5, 0.6) is 0 Å². The van der Waals surface area contributed by atoms with Crippen molar-refractivity contribution in [2.75, 3.05) is 19.6 Å². The van der Waals surface area contributed by atoms with Gasteiger partial charge >= 0.3 is 0 Å². The van der Waals surface area contributed by atoms with Crippen molar-refractivity contribution in [2.24, 2.45) is 5.41 Å². The van der Waals surface area contributed by atoms with Crippen molar-refractivity contribution >= 4 is 11.8 Å². The predicted molar refractivity (Wildman–Crippen MR) is 110 cm³/mol. The van der Waals surface area contributed by atoms with E-state index < -0.39 is 0 Å². The van der Waals surface area contributed by atoms with Gasteiger partial charge in [-0.2, -0.15) is 0 Å². The van der Waals surface area contributed by atoms with Crippen molar-refractivity contribution in [3.8, 4) is 0 Å². The summed E-state index contributed by atoms with van der Waals surface area (Å²) < 4.78 is 0. The van der Waals surface area contributed by atoms with Crippen molar-refractivity contribution in [3.63, 3.8) is 0 Å². The molecule has 0 unspecified atom stereocenters. The molecule has 152 valence electrons. The number of piperidine rings is 2. The minimum atomic E-state index is 0.151. The van der Waals surface area contributed by atoms with E-state index in [9.17, 15) is 9.59 Å². The first-order valence-electron chi connectivity index (χ1n) is 10.5. The Bertz CT molecular complexity index is 832. The molecule has 2 aliphatic rings. The lowest BCUT2D eigenvalue weighted by molar-refractivity contribution is -0.143. The van der Waals surface area contributed by atoms with Crippen LogP contribution in [0, 0.1) is 5.41 Å². The van der Waals surface area contributed by atoms with Crippen molar-refractivity contribution < 1.29 is 9.59 Å². The number of nitrogens with zero attached hydrogens (tertiary/aromatic N) is 4. The Morgan fingerprint density at radius 1 is 1.00 bits per heavy atom. The second kappa shape index (κ2) is 8.72. The van der Waals surface area contributed by atoms with Gasteiger partial charge in [0.15, 0.2) is 0 Å². The van der Waals surface area contributed by atoms with Gasteiger partial charge in [-0.15, -0.1) is 0 Å². The zero-order chi connectivity index (χ0) is 20.1. The summed E-state index contributed by atoms with van der Waals surface area (Å²) >= 11 is 0. The Kier molecular flexibility index (Phi) is 5.88. The van der Waals surface area contributed by atoms with Crippen molar-refractivity contribution in [2.45, 2.75) is 45.1 Å². The highest BCUT2D eigenvalue weighted by Crippen LogP contribution is 2.40. The number of hydrogen-bond acceptors (Lipinski definition) is 4. The molecule has 6 heteroatoms. The average Bonchev–Trinajstić information content (AvgIpc) is 2.77. The van der Waals surface area contributed by atoms with E-state index in [0.29, 0.717) is 19.4 Å². The lowest BCUT2D eigenvalue weighted by Crippen LogP contribution is -2.52. The van der Waals surface area contributed by atoms with Gasteiger partial charge in [-0.3, -0.25) is 19.6 Å². The summed E-state index contributed by atoms with van der Waals surface area (Å²) in [5.41, 5.74) is 2.37. The van der Waals surface area contributed by atoms with Crippen LogP contribution in [-0.4, -0.2) is 51.2 Å². The molecule has 2 saturated heterocycles. The summed E-state index contributed by atoms with van der Waals surface area (Å²) in [7, 11) is 0. The topological polar surface area (TPSA) is 66.4 Å². The Hall–Kier alpha value is -2.76. The average molecular weight is 393 g/mol. The lowest BCUT2D eigenvalue weighted by Gasteiger charge is -2.47. The van der Waals surface area contributed by atoms with Gasteiger partial charge in [-0.25, -0.2) is 0 Å². The maximum absolute atomic E-state index is 12.6. The highest BCUT2D eigenvalue weighted by Gasteiger charge is 2.41. The minimum absolute atomic E-state index is 0.151. The van der Waals surface area contributed by atoms with Gasteiger partial charge < -0.3 is 9.80 Å². The third-order valence-corrected chi connectivity index (χ3v) is 6.40. The molecule has 4 heterocycles. The van der Waals surface area contributed by atoms with Crippen molar-refractivity contribution in [1.82, 2.24) is 19.8 Å². The van der Waals surface area contributed by atoms with E-state index in [1.54, 1.807) is 18.6 Å². The van der Waals surface area contributed by atoms with Crippen LogP contribution in [0.3, 0.4) is 0 Å². The number of hydrogen-bond donors (Lipinski definition) is 0. The molecule has 2 aromatic rings. The standard InChI is InChI=1S/C23H28N4O2/c28-21(4-3-19-6-12-24-13-7-19)26-14-9-23(10-15-26)8-5-22(29)27(18-23)17-20-2-1-11-25-16-20/h1-2,6-7,11-13,16H,3-5,8-10,14-15,17-18H2. The van der Waals surface area contributed by atoms with Gasteiger partial charge in [0.05, 0.1) is 0 Å². The molecule has 0 saturated carbocycles. The van der Waals surface area contributed by atoms with Gasteiger partial charge in [0.25, 0.3) is 0 Å². The number of aryl methyl sites for hydroxylation is 1. The fourth-order valence-corrected chi connectivity index (χ4v) is 4.56. The Labute approximate surface area is 172 Å². The molecule has 0 atom stereocenters. The van der Waals surface area contributed by atoms with Crippen LogP contribution < -0.4 is 0 Å². The molecule has 2 aliphatic heterocycles. The third kappa shape index (κ3) is 4.81. The number of aromatic nitrogens is 2. The number of amides is 2. The molecule has 1 spiro atoms. The molecule has 0 aliphatic carbocycles. The van der Waals surface area contributed by atoms with Gasteiger partial charge in [-0.05, 0) is 60.4 Å². The molecule has 0 radical (unpaired) electrons. The maximum atomic E-state index is 12.6. The largest absolute Gasteiger partial charge is 0.343 e. The molecule has 6 nitrogen and oxygen atoms in total. The summed E-state index contributed by atoms with van der Waals surface area (Å²) in [5.74, 6) is 0.464. The smallest absolute Gasteiger partial charge is 0.222 e. The highest BCUT2D eigenvalue weighted by atomic mass is 16.2. The Balaban J connectivity index is 1.30.